The third-order valence-corrected chi connectivity index (χ3v) is 2.39. The monoisotopic (exact) mass is 202 g/mol. The van der Waals surface area contributed by atoms with Crippen molar-refractivity contribution in [1.82, 2.24) is 5.32 Å². The summed E-state index contributed by atoms with van der Waals surface area (Å²) in [6.07, 6.45) is 1.44. The molecule has 0 aliphatic rings. The molecule has 4 heteroatoms. The topological polar surface area (TPSA) is 64.4 Å². The molecule has 0 saturated heterocycles. The van der Waals surface area contributed by atoms with E-state index in [1.54, 1.807) is 14.0 Å². The largest absolute Gasteiger partial charge is 0.385 e. The van der Waals surface area contributed by atoms with E-state index in [1.807, 2.05) is 13.8 Å². The van der Waals surface area contributed by atoms with E-state index >= 15 is 0 Å². The first-order valence-electron chi connectivity index (χ1n) is 5.02. The van der Waals surface area contributed by atoms with Crippen LogP contribution in [0.15, 0.2) is 0 Å². The van der Waals surface area contributed by atoms with Crippen LogP contribution in [0.4, 0.5) is 0 Å². The summed E-state index contributed by atoms with van der Waals surface area (Å²) in [6, 6.07) is 0.108. The Hall–Kier alpha value is -0.610. The van der Waals surface area contributed by atoms with Gasteiger partial charge in [-0.1, -0.05) is 6.92 Å². The molecule has 0 rings (SSSR count). The van der Waals surface area contributed by atoms with Crippen molar-refractivity contribution >= 4 is 5.91 Å². The fraction of sp³-hybridized carbons (Fsp3) is 0.900. The van der Waals surface area contributed by atoms with E-state index in [9.17, 15) is 4.79 Å². The quantitative estimate of drug-likeness (QED) is 0.665. The van der Waals surface area contributed by atoms with Gasteiger partial charge >= 0.3 is 0 Å². The van der Waals surface area contributed by atoms with Crippen molar-refractivity contribution in [1.29, 1.82) is 0 Å². The van der Waals surface area contributed by atoms with E-state index in [1.165, 1.54) is 0 Å². The number of ether oxygens (including phenoxy) is 1. The first-order valence-corrected chi connectivity index (χ1v) is 5.02. The molecule has 0 saturated carbocycles. The van der Waals surface area contributed by atoms with Crippen LogP contribution in [0.25, 0.3) is 0 Å². The van der Waals surface area contributed by atoms with Gasteiger partial charge in [-0.15, -0.1) is 0 Å². The maximum absolute atomic E-state index is 11.6. The molecule has 1 amide bonds. The number of amides is 1. The van der Waals surface area contributed by atoms with Gasteiger partial charge in [-0.05, 0) is 26.7 Å². The minimum atomic E-state index is -0.763. The highest BCUT2D eigenvalue weighted by atomic mass is 16.5. The van der Waals surface area contributed by atoms with Gasteiger partial charge in [0, 0.05) is 19.8 Å². The molecule has 3 N–H and O–H groups in total. The Balaban J connectivity index is 3.93. The predicted octanol–water partition coefficient (Wildman–Crippen LogP) is 0.655. The summed E-state index contributed by atoms with van der Waals surface area (Å²) in [5.74, 6) is -0.0939. The van der Waals surface area contributed by atoms with Crippen molar-refractivity contribution in [2.75, 3.05) is 13.7 Å². The van der Waals surface area contributed by atoms with Crippen LogP contribution in [0.1, 0.15) is 33.6 Å². The molecule has 4 nitrogen and oxygen atoms in total. The number of nitrogens with two attached hydrogens (primary N) is 1. The minimum absolute atomic E-state index is 0.0939. The van der Waals surface area contributed by atoms with Gasteiger partial charge in [-0.3, -0.25) is 4.79 Å². The van der Waals surface area contributed by atoms with Crippen molar-refractivity contribution in [3.05, 3.63) is 0 Å². The van der Waals surface area contributed by atoms with Crippen molar-refractivity contribution in [3.8, 4) is 0 Å². The van der Waals surface area contributed by atoms with E-state index in [4.69, 9.17) is 10.5 Å². The number of hydrogen-bond acceptors (Lipinski definition) is 3. The SMILES string of the molecule is CCC(C)(N)C(=O)NC(C)CCOC. The molecule has 0 bridgehead atoms. The maximum atomic E-state index is 11.6. The third-order valence-electron chi connectivity index (χ3n) is 2.39. The Morgan fingerprint density at radius 3 is 2.64 bits per heavy atom. The van der Waals surface area contributed by atoms with E-state index in [-0.39, 0.29) is 11.9 Å². The normalized spacial score (nSPS) is 17.2. The Kier molecular flexibility index (Phi) is 5.72. The molecule has 0 radical (unpaired) electrons. The highest BCUT2D eigenvalue weighted by Gasteiger charge is 2.26. The Labute approximate surface area is 86.2 Å². The lowest BCUT2D eigenvalue weighted by atomic mass is 9.99. The molecule has 2 unspecified atom stereocenters. The molecule has 0 fully saturated rings. The zero-order valence-corrected chi connectivity index (χ0v) is 9.59. The van der Waals surface area contributed by atoms with Crippen molar-refractivity contribution < 1.29 is 9.53 Å². The summed E-state index contributed by atoms with van der Waals surface area (Å²) < 4.78 is 4.92. The van der Waals surface area contributed by atoms with Gasteiger partial charge in [-0.25, -0.2) is 0 Å². The van der Waals surface area contributed by atoms with Gasteiger partial charge in [0.1, 0.15) is 0 Å². The van der Waals surface area contributed by atoms with Crippen LogP contribution in [-0.4, -0.2) is 31.2 Å². The highest BCUT2D eigenvalue weighted by molar-refractivity contribution is 5.85. The van der Waals surface area contributed by atoms with Gasteiger partial charge in [0.25, 0.3) is 0 Å². The first-order chi connectivity index (χ1) is 6.44. The molecule has 0 aromatic rings. The molecule has 0 aromatic heterocycles. The fourth-order valence-electron chi connectivity index (χ4n) is 0.916. The molecule has 0 heterocycles. The Morgan fingerprint density at radius 2 is 2.21 bits per heavy atom. The molecular weight excluding hydrogens is 180 g/mol. The number of rotatable bonds is 6. The minimum Gasteiger partial charge on any atom is -0.385 e. The van der Waals surface area contributed by atoms with Gasteiger partial charge in [0.2, 0.25) is 5.91 Å². The zero-order chi connectivity index (χ0) is 11.2. The summed E-state index contributed by atoms with van der Waals surface area (Å²) in [6.45, 7) is 6.24. The molecule has 0 spiro atoms. The standard InChI is InChI=1S/C10H22N2O2/c1-5-10(3,11)9(13)12-8(2)6-7-14-4/h8H,5-7,11H2,1-4H3,(H,12,13). The van der Waals surface area contributed by atoms with Crippen LogP contribution in [0.5, 0.6) is 0 Å². The van der Waals surface area contributed by atoms with Crippen LogP contribution < -0.4 is 11.1 Å². The molecule has 2 atom stereocenters. The number of hydrogen-bond donors (Lipinski definition) is 2. The van der Waals surface area contributed by atoms with Gasteiger partial charge in [0.05, 0.1) is 5.54 Å². The second-order valence-electron chi connectivity index (χ2n) is 3.93. The van der Waals surface area contributed by atoms with Gasteiger partial charge < -0.3 is 15.8 Å². The van der Waals surface area contributed by atoms with Crippen LogP contribution in [0.3, 0.4) is 0 Å². The van der Waals surface area contributed by atoms with Crippen LogP contribution in [0, 0.1) is 0 Å². The van der Waals surface area contributed by atoms with E-state index in [2.05, 4.69) is 5.32 Å². The van der Waals surface area contributed by atoms with E-state index < -0.39 is 5.54 Å². The second kappa shape index (κ2) is 5.98. The summed E-state index contributed by atoms with van der Waals surface area (Å²) in [4.78, 5) is 11.6. The third kappa shape index (κ3) is 4.58. The fourth-order valence-corrected chi connectivity index (χ4v) is 0.916. The highest BCUT2D eigenvalue weighted by Crippen LogP contribution is 2.05. The van der Waals surface area contributed by atoms with Crippen molar-refractivity contribution in [3.63, 3.8) is 0 Å². The summed E-state index contributed by atoms with van der Waals surface area (Å²) >= 11 is 0. The summed E-state index contributed by atoms with van der Waals surface area (Å²) in [7, 11) is 1.65. The van der Waals surface area contributed by atoms with Crippen molar-refractivity contribution in [2.24, 2.45) is 5.73 Å². The number of methoxy groups -OCH3 is 1. The molecular formula is C10H22N2O2. The molecule has 0 aromatic carbocycles. The summed E-state index contributed by atoms with van der Waals surface area (Å²) in [5, 5.41) is 2.86. The molecule has 14 heavy (non-hydrogen) atoms. The van der Waals surface area contributed by atoms with E-state index in [0.29, 0.717) is 13.0 Å². The van der Waals surface area contributed by atoms with Crippen LogP contribution in [-0.2, 0) is 9.53 Å². The van der Waals surface area contributed by atoms with Crippen LogP contribution in [0.2, 0.25) is 0 Å². The number of nitrogens with one attached hydrogen (secondary N) is 1. The maximum Gasteiger partial charge on any atom is 0.239 e. The van der Waals surface area contributed by atoms with E-state index in [0.717, 1.165) is 6.42 Å². The van der Waals surface area contributed by atoms with Crippen LogP contribution >= 0.6 is 0 Å². The lowest BCUT2D eigenvalue weighted by Crippen LogP contribution is -2.53. The predicted molar refractivity (Wildman–Crippen MR) is 57.0 cm³/mol. The lowest BCUT2D eigenvalue weighted by Gasteiger charge is -2.24. The first kappa shape index (κ1) is 13.4. The average molecular weight is 202 g/mol. The molecule has 0 aliphatic carbocycles. The number of carbonyl (C=O) groups excluding carboxylic acids is 1. The lowest BCUT2D eigenvalue weighted by molar-refractivity contribution is -0.126. The Morgan fingerprint density at radius 1 is 1.64 bits per heavy atom. The number of carbonyl (C=O) groups is 1. The zero-order valence-electron chi connectivity index (χ0n) is 9.59. The molecule has 84 valence electrons. The molecule has 0 aliphatic heterocycles. The summed E-state index contributed by atoms with van der Waals surface area (Å²) in [5.41, 5.74) is 5.03. The van der Waals surface area contributed by atoms with Crippen molar-refractivity contribution in [2.45, 2.75) is 45.2 Å². The smallest absolute Gasteiger partial charge is 0.239 e. The van der Waals surface area contributed by atoms with Gasteiger partial charge in [0.15, 0.2) is 0 Å². The van der Waals surface area contributed by atoms with Gasteiger partial charge in [-0.2, -0.15) is 0 Å². The average Bonchev–Trinajstić information content (AvgIpc) is 2.14. The second-order valence-corrected chi connectivity index (χ2v) is 3.93. The Bertz CT molecular complexity index is 181.